The standard InChI is InChI=1S/C60H113NO3/c1-3-5-7-9-11-13-15-17-19-21-23-24-25-26-27-28-29-30-31-32-33-34-35-36-38-39-41-43-45-47-49-51-53-55-59(63)58(57-62)61-60(64)56-54-52-50-48-46-44-42-40-37-22-20-18-16-14-12-10-8-6-4-2/h18,20,38-39,45,47,53,55,58-59,62-63H,3-17,19,21-37,40-44,46,48-52,54,56-57H2,1-2H3,(H,61,64)/b20-18-,39-38+,47-45+,55-53+. The SMILES string of the molecule is CCCCCCCC/C=C\CCCCCCCCCCCC(=O)NC(CO)C(O)/C=C/CC/C=C/CC/C=C/CCCCCCCCCCCCCCCCCCCCCCCCC. The molecular weight excluding hydrogens is 783 g/mol. The minimum atomic E-state index is -0.873. The van der Waals surface area contributed by atoms with Crippen LogP contribution in [0, 0.1) is 0 Å². The van der Waals surface area contributed by atoms with Gasteiger partial charge in [-0.25, -0.2) is 0 Å². The zero-order valence-electron chi connectivity index (χ0n) is 43.3. The van der Waals surface area contributed by atoms with Gasteiger partial charge in [-0.15, -0.1) is 0 Å². The third kappa shape index (κ3) is 51.3. The molecule has 0 aromatic rings. The average Bonchev–Trinajstić information content (AvgIpc) is 3.30. The predicted octanol–water partition coefficient (Wildman–Crippen LogP) is 19.0. The Morgan fingerprint density at radius 3 is 0.906 bits per heavy atom. The first-order valence-corrected chi connectivity index (χ1v) is 28.9. The van der Waals surface area contributed by atoms with Crippen LogP contribution in [-0.4, -0.2) is 34.9 Å². The molecule has 0 rings (SSSR count). The lowest BCUT2D eigenvalue weighted by Gasteiger charge is -2.19. The minimum Gasteiger partial charge on any atom is -0.394 e. The molecule has 1 amide bonds. The number of hydrogen-bond acceptors (Lipinski definition) is 3. The van der Waals surface area contributed by atoms with Crippen molar-refractivity contribution in [2.24, 2.45) is 0 Å². The molecule has 4 heteroatoms. The second-order valence-electron chi connectivity index (χ2n) is 19.7. The minimum absolute atomic E-state index is 0.0781. The lowest BCUT2D eigenvalue weighted by molar-refractivity contribution is -0.123. The Hall–Kier alpha value is -1.65. The van der Waals surface area contributed by atoms with E-state index in [1.165, 1.54) is 250 Å². The fourth-order valence-corrected chi connectivity index (χ4v) is 8.86. The predicted molar refractivity (Wildman–Crippen MR) is 285 cm³/mol. The highest BCUT2D eigenvalue weighted by molar-refractivity contribution is 5.76. The molecule has 0 heterocycles. The molecule has 0 aliphatic carbocycles. The van der Waals surface area contributed by atoms with Gasteiger partial charge in [0.25, 0.3) is 0 Å². The van der Waals surface area contributed by atoms with Gasteiger partial charge in [-0.05, 0) is 70.6 Å². The van der Waals surface area contributed by atoms with E-state index in [1.54, 1.807) is 6.08 Å². The number of carbonyl (C=O) groups is 1. The quantitative estimate of drug-likeness (QED) is 0.0421. The Balaban J connectivity index is 3.53. The monoisotopic (exact) mass is 896 g/mol. The van der Waals surface area contributed by atoms with Gasteiger partial charge in [0, 0.05) is 6.42 Å². The van der Waals surface area contributed by atoms with Gasteiger partial charge in [0.2, 0.25) is 5.91 Å². The number of amides is 1. The summed E-state index contributed by atoms with van der Waals surface area (Å²) < 4.78 is 0. The van der Waals surface area contributed by atoms with Gasteiger partial charge in [-0.2, -0.15) is 0 Å². The van der Waals surface area contributed by atoms with Crippen molar-refractivity contribution in [2.75, 3.05) is 6.61 Å². The fourth-order valence-electron chi connectivity index (χ4n) is 8.86. The van der Waals surface area contributed by atoms with Gasteiger partial charge < -0.3 is 15.5 Å². The number of aliphatic hydroxyl groups is 2. The first-order chi connectivity index (χ1) is 31.7. The number of carbonyl (C=O) groups excluding carboxylic acids is 1. The Morgan fingerprint density at radius 1 is 0.359 bits per heavy atom. The number of nitrogens with one attached hydrogen (secondary N) is 1. The van der Waals surface area contributed by atoms with Crippen LogP contribution < -0.4 is 5.32 Å². The molecule has 376 valence electrons. The second kappa shape index (κ2) is 55.7. The molecule has 0 saturated carbocycles. The Morgan fingerprint density at radius 2 is 0.609 bits per heavy atom. The largest absolute Gasteiger partial charge is 0.394 e. The third-order valence-corrected chi connectivity index (χ3v) is 13.3. The maximum absolute atomic E-state index is 12.4. The Bertz CT molecular complexity index is 1020. The van der Waals surface area contributed by atoms with Crippen LogP contribution in [-0.2, 0) is 4.79 Å². The van der Waals surface area contributed by atoms with Crippen molar-refractivity contribution >= 4 is 5.91 Å². The lowest BCUT2D eigenvalue weighted by Crippen LogP contribution is -2.45. The van der Waals surface area contributed by atoms with Gasteiger partial charge >= 0.3 is 0 Å². The van der Waals surface area contributed by atoms with Gasteiger partial charge in [0.1, 0.15) is 0 Å². The summed E-state index contributed by atoms with van der Waals surface area (Å²) in [5.41, 5.74) is 0. The van der Waals surface area contributed by atoms with Crippen molar-refractivity contribution in [3.63, 3.8) is 0 Å². The topological polar surface area (TPSA) is 69.6 Å². The van der Waals surface area contributed by atoms with Crippen LogP contribution in [0.5, 0.6) is 0 Å². The molecule has 3 N–H and O–H groups in total. The summed E-state index contributed by atoms with van der Waals surface area (Å²) in [5, 5.41) is 23.1. The highest BCUT2D eigenvalue weighted by Crippen LogP contribution is 2.17. The summed E-state index contributed by atoms with van der Waals surface area (Å²) in [6, 6.07) is -0.648. The molecule has 0 bridgehead atoms. The Labute approximate surface area is 401 Å². The first-order valence-electron chi connectivity index (χ1n) is 28.9. The summed E-state index contributed by atoms with van der Waals surface area (Å²) in [4.78, 5) is 12.4. The molecule has 0 aliphatic rings. The first kappa shape index (κ1) is 62.4. The van der Waals surface area contributed by atoms with E-state index in [2.05, 4.69) is 55.6 Å². The molecule has 0 aromatic carbocycles. The van der Waals surface area contributed by atoms with Crippen LogP contribution in [0.15, 0.2) is 48.6 Å². The molecular formula is C60H113NO3. The molecule has 4 nitrogen and oxygen atoms in total. The van der Waals surface area contributed by atoms with E-state index >= 15 is 0 Å². The van der Waals surface area contributed by atoms with Gasteiger partial charge in [-0.3, -0.25) is 4.79 Å². The summed E-state index contributed by atoms with van der Waals surface area (Å²) in [6.45, 7) is 4.31. The zero-order chi connectivity index (χ0) is 46.3. The molecule has 0 aliphatic heterocycles. The molecule has 0 spiro atoms. The van der Waals surface area contributed by atoms with Crippen molar-refractivity contribution in [3.05, 3.63) is 48.6 Å². The summed E-state index contributed by atoms with van der Waals surface area (Å²) in [7, 11) is 0. The smallest absolute Gasteiger partial charge is 0.220 e. The van der Waals surface area contributed by atoms with Crippen LogP contribution in [0.4, 0.5) is 0 Å². The number of unbranched alkanes of at least 4 members (excludes halogenated alkanes) is 40. The highest BCUT2D eigenvalue weighted by atomic mass is 16.3. The van der Waals surface area contributed by atoms with Gasteiger partial charge in [-0.1, -0.05) is 281 Å². The fraction of sp³-hybridized carbons (Fsp3) is 0.850. The number of hydrogen-bond donors (Lipinski definition) is 3. The van der Waals surface area contributed by atoms with Crippen molar-refractivity contribution in [3.8, 4) is 0 Å². The van der Waals surface area contributed by atoms with Crippen molar-refractivity contribution in [1.82, 2.24) is 5.32 Å². The van der Waals surface area contributed by atoms with Crippen LogP contribution in [0.1, 0.15) is 309 Å². The summed E-state index contributed by atoms with van der Waals surface area (Å²) >= 11 is 0. The lowest BCUT2D eigenvalue weighted by atomic mass is 10.0. The van der Waals surface area contributed by atoms with E-state index in [4.69, 9.17) is 0 Å². The van der Waals surface area contributed by atoms with Crippen molar-refractivity contribution in [1.29, 1.82) is 0 Å². The van der Waals surface area contributed by atoms with E-state index < -0.39 is 12.1 Å². The maximum atomic E-state index is 12.4. The van der Waals surface area contributed by atoms with Crippen molar-refractivity contribution in [2.45, 2.75) is 321 Å². The average molecular weight is 897 g/mol. The Kier molecular flexibility index (Phi) is 54.2. The normalized spacial score (nSPS) is 13.1. The van der Waals surface area contributed by atoms with Gasteiger partial charge in [0.15, 0.2) is 0 Å². The molecule has 0 radical (unpaired) electrons. The zero-order valence-corrected chi connectivity index (χ0v) is 43.3. The van der Waals surface area contributed by atoms with E-state index in [1.807, 2.05) is 6.08 Å². The van der Waals surface area contributed by atoms with Crippen LogP contribution in [0.25, 0.3) is 0 Å². The third-order valence-electron chi connectivity index (χ3n) is 13.3. The van der Waals surface area contributed by atoms with E-state index in [9.17, 15) is 15.0 Å². The molecule has 0 aromatic heterocycles. The highest BCUT2D eigenvalue weighted by Gasteiger charge is 2.18. The molecule has 2 unspecified atom stereocenters. The number of rotatable bonds is 53. The number of aliphatic hydroxyl groups excluding tert-OH is 2. The van der Waals surface area contributed by atoms with E-state index in [-0.39, 0.29) is 12.5 Å². The van der Waals surface area contributed by atoms with E-state index in [0.29, 0.717) is 6.42 Å². The second-order valence-corrected chi connectivity index (χ2v) is 19.7. The summed E-state index contributed by atoms with van der Waals surface area (Å²) in [6.07, 6.45) is 77.2. The summed E-state index contributed by atoms with van der Waals surface area (Å²) in [5.74, 6) is -0.0781. The molecule has 0 fully saturated rings. The van der Waals surface area contributed by atoms with Crippen LogP contribution >= 0.6 is 0 Å². The van der Waals surface area contributed by atoms with Crippen molar-refractivity contribution < 1.29 is 15.0 Å². The molecule has 2 atom stereocenters. The van der Waals surface area contributed by atoms with Crippen LogP contribution in [0.3, 0.4) is 0 Å². The number of allylic oxidation sites excluding steroid dienone is 7. The maximum Gasteiger partial charge on any atom is 0.220 e. The molecule has 0 saturated heterocycles. The van der Waals surface area contributed by atoms with Gasteiger partial charge in [0.05, 0.1) is 18.8 Å². The van der Waals surface area contributed by atoms with E-state index in [0.717, 1.165) is 38.5 Å². The molecule has 64 heavy (non-hydrogen) atoms. The van der Waals surface area contributed by atoms with Crippen LogP contribution in [0.2, 0.25) is 0 Å².